The Hall–Kier alpha value is -3.50. The van der Waals surface area contributed by atoms with Crippen LogP contribution in [0, 0.1) is 0 Å². The topological polar surface area (TPSA) is 119 Å². The number of likely N-dealkylation sites (tertiary alicyclic amines) is 1. The maximum atomic E-state index is 13.1. The maximum absolute atomic E-state index is 13.1. The number of thioether (sulfide) groups is 1. The second kappa shape index (κ2) is 13.7. The predicted molar refractivity (Wildman–Crippen MR) is 144 cm³/mol. The number of fused-ring (bicyclic) bond motifs is 1. The lowest BCUT2D eigenvalue weighted by atomic mass is 10.1. The molecule has 0 radical (unpaired) electrons. The molecule has 4 rings (SSSR count). The standard InChI is InChI=1S/C23H29N3O2S.C4H4O4/c1-25-11-12-28-22-20(13-19(29-2)14-21(22)25)23(27)24-15-18-9-6-10-26(18)16-17-7-4-3-5-8-17;5-3(6)1-2-4(7)8/h3-5,7-8,13-14,18H,6,9-12,15-16H2,1-2H3,(H,24,27);1-2H,(H,5,6)(H,7,8). The number of anilines is 1. The molecule has 2 aliphatic heterocycles. The summed E-state index contributed by atoms with van der Waals surface area (Å²) in [5.41, 5.74) is 2.97. The zero-order valence-electron chi connectivity index (χ0n) is 21.1. The van der Waals surface area contributed by atoms with Gasteiger partial charge >= 0.3 is 11.9 Å². The SMILES string of the molecule is CSc1cc(C(=O)NCC2CCCN2Cc2ccccc2)c2c(c1)N(C)CCO2.O=C(O)C=CC(=O)O. The van der Waals surface area contributed by atoms with E-state index >= 15 is 0 Å². The van der Waals surface area contributed by atoms with Crippen LogP contribution in [0.5, 0.6) is 5.75 Å². The first-order chi connectivity index (χ1) is 17.8. The fraction of sp³-hybridized carbons (Fsp3) is 0.370. The number of hydrogen-bond acceptors (Lipinski definition) is 7. The minimum Gasteiger partial charge on any atom is -0.489 e. The lowest BCUT2D eigenvalue weighted by Gasteiger charge is -2.30. The Morgan fingerprint density at radius 1 is 1.11 bits per heavy atom. The summed E-state index contributed by atoms with van der Waals surface area (Å²) >= 11 is 1.65. The van der Waals surface area contributed by atoms with Crippen LogP contribution in [-0.4, -0.2) is 78.5 Å². The lowest BCUT2D eigenvalue weighted by Crippen LogP contribution is -2.40. The van der Waals surface area contributed by atoms with Crippen LogP contribution >= 0.6 is 11.8 Å². The smallest absolute Gasteiger partial charge is 0.328 e. The third-order valence-corrected chi connectivity index (χ3v) is 6.91. The molecule has 0 saturated carbocycles. The summed E-state index contributed by atoms with van der Waals surface area (Å²) in [5.74, 6) is -1.85. The van der Waals surface area contributed by atoms with E-state index in [2.05, 4.69) is 45.4 Å². The molecule has 0 aromatic heterocycles. The van der Waals surface area contributed by atoms with E-state index in [1.54, 1.807) is 11.8 Å². The monoisotopic (exact) mass is 527 g/mol. The van der Waals surface area contributed by atoms with Gasteiger partial charge in [-0.25, -0.2) is 9.59 Å². The highest BCUT2D eigenvalue weighted by Gasteiger charge is 2.27. The van der Waals surface area contributed by atoms with E-state index in [4.69, 9.17) is 14.9 Å². The van der Waals surface area contributed by atoms with Crippen molar-refractivity contribution < 1.29 is 29.3 Å². The molecule has 37 heavy (non-hydrogen) atoms. The molecule has 198 valence electrons. The van der Waals surface area contributed by atoms with Crippen LogP contribution in [0.25, 0.3) is 0 Å². The van der Waals surface area contributed by atoms with Crippen molar-refractivity contribution in [2.45, 2.75) is 30.3 Å². The third-order valence-electron chi connectivity index (χ3n) is 6.20. The van der Waals surface area contributed by atoms with Gasteiger partial charge in [-0.2, -0.15) is 0 Å². The van der Waals surface area contributed by atoms with E-state index < -0.39 is 11.9 Å². The van der Waals surface area contributed by atoms with Crippen molar-refractivity contribution >= 4 is 35.3 Å². The van der Waals surface area contributed by atoms with Crippen LogP contribution in [0.15, 0.2) is 59.5 Å². The van der Waals surface area contributed by atoms with Crippen LogP contribution < -0.4 is 15.0 Å². The van der Waals surface area contributed by atoms with Gasteiger partial charge in [-0.05, 0) is 43.3 Å². The molecule has 0 aliphatic carbocycles. The molecule has 1 amide bonds. The average molecular weight is 528 g/mol. The Morgan fingerprint density at radius 3 is 2.46 bits per heavy atom. The number of nitrogens with zero attached hydrogens (tertiary/aromatic N) is 2. The number of aliphatic carboxylic acids is 2. The molecule has 2 aromatic carbocycles. The van der Waals surface area contributed by atoms with Crippen LogP contribution in [0.3, 0.4) is 0 Å². The van der Waals surface area contributed by atoms with Gasteiger partial charge in [-0.3, -0.25) is 9.69 Å². The van der Waals surface area contributed by atoms with Gasteiger partial charge in [0.05, 0.1) is 17.8 Å². The number of carboxylic acid groups (broad SMARTS) is 2. The van der Waals surface area contributed by atoms with Gasteiger partial charge in [0, 0.05) is 43.2 Å². The van der Waals surface area contributed by atoms with E-state index in [0.717, 1.165) is 36.6 Å². The molecule has 9 nitrogen and oxygen atoms in total. The number of rotatable bonds is 8. The first kappa shape index (κ1) is 28.1. The Labute approximate surface area is 221 Å². The Bertz CT molecular complexity index is 1110. The van der Waals surface area contributed by atoms with Gasteiger partial charge in [-0.15, -0.1) is 11.8 Å². The molecule has 1 atom stereocenters. The van der Waals surface area contributed by atoms with Crippen LogP contribution in [-0.2, 0) is 16.1 Å². The molecular formula is C27H33N3O6S. The van der Waals surface area contributed by atoms with Gasteiger partial charge in [-0.1, -0.05) is 30.3 Å². The molecule has 0 bridgehead atoms. The van der Waals surface area contributed by atoms with Crippen molar-refractivity contribution in [2.75, 3.05) is 44.4 Å². The van der Waals surface area contributed by atoms with Crippen molar-refractivity contribution in [3.63, 3.8) is 0 Å². The van der Waals surface area contributed by atoms with Crippen LogP contribution in [0.1, 0.15) is 28.8 Å². The summed E-state index contributed by atoms with van der Waals surface area (Å²) in [6.07, 6.45) is 5.45. The molecule has 0 spiro atoms. The van der Waals surface area contributed by atoms with E-state index in [1.165, 1.54) is 12.0 Å². The van der Waals surface area contributed by atoms with Crippen molar-refractivity contribution in [1.29, 1.82) is 0 Å². The number of nitrogens with one attached hydrogen (secondary N) is 1. The quantitative estimate of drug-likeness (QED) is 0.351. The number of carboxylic acids is 2. The Kier molecular flexibility index (Phi) is 10.4. The van der Waals surface area contributed by atoms with E-state index in [-0.39, 0.29) is 5.91 Å². The van der Waals surface area contributed by atoms with Crippen molar-refractivity contribution in [2.24, 2.45) is 0 Å². The molecule has 3 N–H and O–H groups in total. The van der Waals surface area contributed by atoms with Gasteiger partial charge in [0.1, 0.15) is 6.61 Å². The summed E-state index contributed by atoms with van der Waals surface area (Å²) in [4.78, 5) is 37.9. The van der Waals surface area contributed by atoms with E-state index in [0.29, 0.717) is 42.7 Å². The summed E-state index contributed by atoms with van der Waals surface area (Å²) in [6.45, 7) is 4.13. The first-order valence-corrected chi connectivity index (χ1v) is 13.3. The highest BCUT2D eigenvalue weighted by Crippen LogP contribution is 2.38. The Morgan fingerprint density at radius 2 is 1.81 bits per heavy atom. The first-order valence-electron chi connectivity index (χ1n) is 12.0. The second-order valence-electron chi connectivity index (χ2n) is 8.77. The minimum atomic E-state index is -1.26. The fourth-order valence-electron chi connectivity index (χ4n) is 4.32. The number of carbonyl (C=O) groups is 3. The summed E-state index contributed by atoms with van der Waals surface area (Å²) in [7, 11) is 2.05. The Balaban J connectivity index is 0.000000414. The number of benzene rings is 2. The van der Waals surface area contributed by atoms with Crippen molar-refractivity contribution in [3.05, 3.63) is 65.7 Å². The predicted octanol–water partition coefficient (Wildman–Crippen LogP) is 3.34. The summed E-state index contributed by atoms with van der Waals surface area (Å²) < 4.78 is 5.90. The molecule has 1 saturated heterocycles. The molecular weight excluding hydrogens is 494 g/mol. The number of carbonyl (C=O) groups excluding carboxylic acids is 1. The zero-order chi connectivity index (χ0) is 26.8. The minimum absolute atomic E-state index is 0.0426. The second-order valence-corrected chi connectivity index (χ2v) is 9.64. The summed E-state index contributed by atoms with van der Waals surface area (Å²) in [6, 6.07) is 15.0. The van der Waals surface area contributed by atoms with Crippen LogP contribution in [0.4, 0.5) is 5.69 Å². The number of ether oxygens (including phenoxy) is 1. The maximum Gasteiger partial charge on any atom is 0.328 e. The molecule has 2 aromatic rings. The van der Waals surface area contributed by atoms with E-state index in [1.807, 2.05) is 25.4 Å². The molecule has 2 heterocycles. The highest BCUT2D eigenvalue weighted by molar-refractivity contribution is 7.98. The van der Waals surface area contributed by atoms with Gasteiger partial charge in [0.25, 0.3) is 5.91 Å². The lowest BCUT2D eigenvalue weighted by molar-refractivity contribution is -0.134. The summed E-state index contributed by atoms with van der Waals surface area (Å²) in [5, 5.41) is 18.8. The molecule has 1 unspecified atom stereocenters. The van der Waals surface area contributed by atoms with Gasteiger partial charge in [0.15, 0.2) is 5.75 Å². The normalized spacial score (nSPS) is 16.9. The van der Waals surface area contributed by atoms with Gasteiger partial charge < -0.3 is 25.2 Å². The van der Waals surface area contributed by atoms with Crippen LogP contribution in [0.2, 0.25) is 0 Å². The zero-order valence-corrected chi connectivity index (χ0v) is 21.9. The number of likely N-dealkylation sites (N-methyl/N-ethyl adjacent to an activating group) is 1. The number of amides is 1. The molecule has 2 aliphatic rings. The van der Waals surface area contributed by atoms with Crippen molar-refractivity contribution in [1.82, 2.24) is 10.2 Å². The largest absolute Gasteiger partial charge is 0.489 e. The molecule has 1 fully saturated rings. The van der Waals surface area contributed by atoms with Gasteiger partial charge in [0.2, 0.25) is 0 Å². The average Bonchev–Trinajstić information content (AvgIpc) is 3.33. The highest BCUT2D eigenvalue weighted by atomic mass is 32.2. The van der Waals surface area contributed by atoms with E-state index in [9.17, 15) is 14.4 Å². The fourth-order valence-corrected chi connectivity index (χ4v) is 4.78. The van der Waals surface area contributed by atoms with Crippen molar-refractivity contribution in [3.8, 4) is 5.75 Å². The number of hydrogen-bond donors (Lipinski definition) is 3. The third kappa shape index (κ3) is 8.26. The molecule has 10 heteroatoms.